The number of rotatable bonds is 6. The van der Waals surface area contributed by atoms with Crippen LogP contribution in [0.1, 0.15) is 12.8 Å². The summed E-state index contributed by atoms with van der Waals surface area (Å²) in [6.45, 7) is 3.37. The van der Waals surface area contributed by atoms with E-state index in [0.717, 1.165) is 56.5 Å². The fraction of sp³-hybridized carbons (Fsp3) is 0.273. The smallest absolute Gasteiger partial charge is 0.423 e. The summed E-state index contributed by atoms with van der Waals surface area (Å²) >= 11 is 6.02. The highest BCUT2D eigenvalue weighted by Crippen LogP contribution is 2.41. The lowest BCUT2D eigenvalue weighted by Gasteiger charge is -2.35. The van der Waals surface area contributed by atoms with E-state index < -0.39 is 18.8 Å². The second-order valence-corrected chi connectivity index (χ2v) is 16.5. The van der Waals surface area contributed by atoms with Crippen molar-refractivity contribution in [2.24, 2.45) is 0 Å². The summed E-state index contributed by atoms with van der Waals surface area (Å²) in [4.78, 5) is 62.3. The molecule has 6 aromatic rings. The monoisotopic (exact) mass is 918 g/mol. The molecule has 66 heavy (non-hydrogen) atoms. The van der Waals surface area contributed by atoms with Crippen molar-refractivity contribution in [1.29, 1.82) is 0 Å². The first-order chi connectivity index (χ1) is 31.7. The maximum absolute atomic E-state index is 14.5. The number of anilines is 8. The van der Waals surface area contributed by atoms with Crippen LogP contribution in [-0.4, -0.2) is 126 Å². The Morgan fingerprint density at radius 1 is 0.697 bits per heavy atom. The van der Waals surface area contributed by atoms with Gasteiger partial charge in [-0.05, 0) is 73.5 Å². The van der Waals surface area contributed by atoms with E-state index in [9.17, 15) is 18.4 Å². The molecule has 2 fully saturated rings. The van der Waals surface area contributed by atoms with Crippen LogP contribution >= 0.6 is 11.6 Å². The summed E-state index contributed by atoms with van der Waals surface area (Å²) in [6.07, 6.45) is 7.88. The van der Waals surface area contributed by atoms with E-state index in [-0.39, 0.29) is 41.2 Å². The van der Waals surface area contributed by atoms with Gasteiger partial charge < -0.3 is 29.6 Å². The average Bonchev–Trinajstić information content (AvgIpc) is 3.92. The lowest BCUT2D eigenvalue weighted by molar-refractivity contribution is 0.254. The van der Waals surface area contributed by atoms with E-state index in [4.69, 9.17) is 26.6 Å². The van der Waals surface area contributed by atoms with Gasteiger partial charge >= 0.3 is 19.2 Å². The minimum absolute atomic E-state index is 0.0185. The number of carbonyl (C=O) groups excluding carboxylic acids is 2. The largest absolute Gasteiger partial charge is 0.490 e. The van der Waals surface area contributed by atoms with Crippen LogP contribution in [0.4, 0.5) is 64.7 Å². The first kappa shape index (κ1) is 45.3. The number of pyridine rings is 6. The first-order valence-electron chi connectivity index (χ1n) is 21.0. The number of urea groups is 2. The molecule has 6 aromatic heterocycles. The summed E-state index contributed by atoms with van der Waals surface area (Å²) in [7, 11) is 5.11. The van der Waals surface area contributed by atoms with Crippen molar-refractivity contribution in [1.82, 2.24) is 29.9 Å². The van der Waals surface area contributed by atoms with E-state index >= 15 is 0 Å². The van der Waals surface area contributed by atoms with Gasteiger partial charge in [-0.1, -0.05) is 23.7 Å². The molecular weight excluding hydrogens is 873 g/mol. The van der Waals surface area contributed by atoms with E-state index in [1.807, 2.05) is 36.4 Å². The fourth-order valence-corrected chi connectivity index (χ4v) is 8.25. The molecule has 340 valence electrons. The van der Waals surface area contributed by atoms with Crippen LogP contribution in [0.25, 0.3) is 11.3 Å². The van der Waals surface area contributed by atoms with Gasteiger partial charge in [0.05, 0.1) is 29.2 Å². The molecule has 4 amide bonds. The highest BCUT2D eigenvalue weighted by atomic mass is 35.5. The molecule has 0 radical (unpaired) electrons. The predicted octanol–water partition coefficient (Wildman–Crippen LogP) is 5.10. The molecule has 0 aromatic carbocycles. The van der Waals surface area contributed by atoms with Gasteiger partial charge in [0.1, 0.15) is 16.8 Å². The zero-order valence-electron chi connectivity index (χ0n) is 36.4. The summed E-state index contributed by atoms with van der Waals surface area (Å²) < 4.78 is 27.6. The Bertz CT molecular complexity index is 2710. The Balaban J connectivity index is 0.000000147. The van der Waals surface area contributed by atoms with E-state index in [1.54, 1.807) is 85.7 Å². The maximum atomic E-state index is 14.5. The molecule has 4 bridgehead atoms. The third-order valence-corrected chi connectivity index (χ3v) is 11.4. The minimum atomic E-state index is -1.68. The van der Waals surface area contributed by atoms with E-state index in [2.05, 4.69) is 45.4 Å². The number of amides is 4. The zero-order chi connectivity index (χ0) is 46.6. The molecule has 4 N–H and O–H groups in total. The van der Waals surface area contributed by atoms with Gasteiger partial charge in [-0.2, -0.15) is 0 Å². The number of aromatic nitrogens is 6. The normalized spacial score (nSPS) is 16.2. The molecule has 22 heteroatoms. The Morgan fingerprint density at radius 3 is 1.70 bits per heavy atom. The molecule has 4 aliphatic heterocycles. The Kier molecular flexibility index (Phi) is 13.4. The van der Waals surface area contributed by atoms with Crippen molar-refractivity contribution in [2.75, 3.05) is 94.4 Å². The summed E-state index contributed by atoms with van der Waals surface area (Å²) in [5, 5.41) is 23.5. The van der Waals surface area contributed by atoms with Gasteiger partial charge in [-0.25, -0.2) is 48.3 Å². The Labute approximate surface area is 384 Å². The average molecular weight is 919 g/mol. The number of hydrogen-bond acceptors (Lipinski definition) is 14. The highest BCUT2D eigenvalue weighted by Gasteiger charge is 2.42. The lowest BCUT2D eigenvalue weighted by Crippen LogP contribution is -2.48. The topological polar surface area (TPSA) is 195 Å². The first-order valence-corrected chi connectivity index (χ1v) is 21.4. The van der Waals surface area contributed by atoms with Crippen molar-refractivity contribution >= 4 is 82.5 Å². The van der Waals surface area contributed by atoms with Gasteiger partial charge in [-0.15, -0.1) is 0 Å². The molecule has 0 aliphatic carbocycles. The molecular formula is C44H46BClF2N14O4. The van der Waals surface area contributed by atoms with Crippen LogP contribution in [0.2, 0.25) is 5.15 Å². The van der Waals surface area contributed by atoms with Crippen molar-refractivity contribution in [3.8, 4) is 11.3 Å². The van der Waals surface area contributed by atoms with Crippen molar-refractivity contribution in [2.45, 2.75) is 24.9 Å². The summed E-state index contributed by atoms with van der Waals surface area (Å²) in [5.41, 5.74) is 3.02. The van der Waals surface area contributed by atoms with Crippen molar-refractivity contribution in [3.63, 3.8) is 0 Å². The molecule has 10 heterocycles. The lowest BCUT2D eigenvalue weighted by atomic mass is 9.82. The number of halogens is 3. The molecule has 0 saturated carbocycles. The molecule has 2 atom stereocenters. The quantitative estimate of drug-likeness (QED) is 0.127. The second kappa shape index (κ2) is 19.5. The van der Waals surface area contributed by atoms with Gasteiger partial charge in [-0.3, -0.25) is 20.4 Å². The van der Waals surface area contributed by atoms with Gasteiger partial charge in [0.25, 0.3) is 0 Å². The van der Waals surface area contributed by atoms with Crippen LogP contribution in [0, 0.1) is 11.6 Å². The molecule has 10 rings (SSSR count). The van der Waals surface area contributed by atoms with Gasteiger partial charge in [0.15, 0.2) is 34.9 Å². The number of nitrogens with one attached hydrogen (secondary N) is 2. The van der Waals surface area contributed by atoms with Crippen molar-refractivity contribution < 1.29 is 28.4 Å². The number of fused-ring (bicyclic) bond motifs is 8. The third kappa shape index (κ3) is 9.72. The Hall–Kier alpha value is -7.23. The number of nitrogens with zero attached hydrogens (tertiary/aromatic N) is 12. The zero-order valence-corrected chi connectivity index (χ0v) is 37.2. The molecule has 0 unspecified atom stereocenters. The molecule has 4 aliphatic rings. The minimum Gasteiger partial charge on any atom is -0.423 e. The van der Waals surface area contributed by atoms with Crippen LogP contribution < -0.4 is 45.5 Å². The van der Waals surface area contributed by atoms with Crippen LogP contribution in [0.5, 0.6) is 0 Å². The summed E-state index contributed by atoms with van der Waals surface area (Å²) in [6, 6.07) is 20.3. The number of hydrogen-bond donors (Lipinski definition) is 4. The SMILES string of the molecule is CN(C)c1ncc(-c2ccc3c(n2)N(C(=O)Nc2ccccn2)[C@H]2CCN3C2)cc1F.CN(C)c1ncc(B(O)O)cc1F.O=C(Nc1ccccn1)N1c2nc(Cl)ccc2N2CC[C@H]1C2. The van der Waals surface area contributed by atoms with E-state index in [1.165, 1.54) is 17.2 Å². The van der Waals surface area contributed by atoms with Crippen LogP contribution in [-0.2, 0) is 0 Å². The van der Waals surface area contributed by atoms with Gasteiger partial charge in [0.2, 0.25) is 0 Å². The maximum Gasteiger partial charge on any atom is 0.490 e. The third-order valence-electron chi connectivity index (χ3n) is 11.2. The van der Waals surface area contributed by atoms with E-state index in [0.29, 0.717) is 39.7 Å². The Morgan fingerprint density at radius 2 is 1.21 bits per heavy atom. The van der Waals surface area contributed by atoms with Crippen molar-refractivity contribution in [3.05, 3.63) is 114 Å². The van der Waals surface area contributed by atoms with Gasteiger partial charge in [0, 0.05) is 90.2 Å². The standard InChI is InChI=1S/C22H22FN7O.C15H14ClN5O.C7H10BFN2O2/c1-28(2)20-16(23)11-14(12-25-20)17-6-7-18-21(26-17)30(15-8-10-29(18)13-15)22(31)27-19-5-3-4-9-24-19;16-12-5-4-11-14(18-12)21(10-6-8-20(11)9-10)15(22)19-13-3-1-2-7-17-13;1-11(2)7-6(9)3-5(4-10-7)8(12)13/h3-7,9,11-12,15H,8,10,13H2,1-2H3,(H,24,27,31);1-5,7,10H,6,8-9H2,(H,17,19,22);3-4,12-13H,1-2H3/t15-;10-;/m00./s1. The second-order valence-electron chi connectivity index (χ2n) is 16.1. The molecule has 0 spiro atoms. The van der Waals surface area contributed by atoms with Crippen LogP contribution in [0.3, 0.4) is 0 Å². The summed E-state index contributed by atoms with van der Waals surface area (Å²) in [5.74, 6) is 1.64. The van der Waals surface area contributed by atoms with Crippen LogP contribution in [0.15, 0.2) is 97.6 Å². The highest BCUT2D eigenvalue weighted by molar-refractivity contribution is 6.58. The molecule has 2 saturated heterocycles. The predicted molar refractivity (Wildman–Crippen MR) is 252 cm³/mol. The fourth-order valence-electron chi connectivity index (χ4n) is 8.11. The number of carbonyl (C=O) groups is 2. The molecule has 18 nitrogen and oxygen atoms in total.